The van der Waals surface area contributed by atoms with Crippen molar-refractivity contribution < 1.29 is 0 Å². The molecule has 0 spiro atoms. The van der Waals surface area contributed by atoms with Crippen LogP contribution in [0, 0.1) is 6.92 Å². The summed E-state index contributed by atoms with van der Waals surface area (Å²) in [6.45, 7) is 2.19. The largest absolute Gasteiger partial charge is 0.275 e. The van der Waals surface area contributed by atoms with Crippen LogP contribution in [0.5, 0.6) is 0 Å². The first-order chi connectivity index (χ1) is 17.7. The summed E-state index contributed by atoms with van der Waals surface area (Å²) in [4.78, 5) is 13.6. The first-order valence-electron chi connectivity index (χ1n) is 12.3. The molecule has 0 N–H and O–H groups in total. The van der Waals surface area contributed by atoms with Crippen molar-refractivity contribution in [3.05, 3.63) is 125 Å². The van der Waals surface area contributed by atoms with Crippen molar-refractivity contribution in [3.8, 4) is 11.1 Å². The summed E-state index contributed by atoms with van der Waals surface area (Å²) < 4.78 is 1.91. The van der Waals surface area contributed by atoms with Gasteiger partial charge in [-0.25, -0.2) is 0 Å². The van der Waals surface area contributed by atoms with Gasteiger partial charge in [0.25, 0.3) is 5.56 Å². The quantitative estimate of drug-likeness (QED) is 0.226. The van der Waals surface area contributed by atoms with Gasteiger partial charge in [0.05, 0.1) is 11.0 Å². The lowest BCUT2D eigenvalue weighted by molar-refractivity contribution is 1.21. The summed E-state index contributed by atoms with van der Waals surface area (Å²) in [5.74, 6) is 0. The number of aryl methyl sites for hydroxylation is 1. The van der Waals surface area contributed by atoms with Gasteiger partial charge in [0.1, 0.15) is 0 Å². The smallest absolute Gasteiger partial charge is 0.263 e. The maximum Gasteiger partial charge on any atom is 0.263 e. The van der Waals surface area contributed by atoms with Crippen LogP contribution in [0.15, 0.2) is 114 Å². The molecule has 2 nitrogen and oxygen atoms in total. The molecule has 0 unspecified atom stereocenters. The van der Waals surface area contributed by atoms with E-state index >= 15 is 0 Å². The predicted octanol–water partition coefficient (Wildman–Crippen LogP) is 8.48. The molecule has 36 heavy (non-hydrogen) atoms. The van der Waals surface area contributed by atoms with E-state index in [2.05, 4.69) is 91.9 Å². The maximum absolute atomic E-state index is 13.6. The van der Waals surface area contributed by atoms with Crippen molar-refractivity contribution in [1.29, 1.82) is 0 Å². The molecule has 2 heteroatoms. The molecule has 0 aliphatic heterocycles. The van der Waals surface area contributed by atoms with Crippen LogP contribution in [0.4, 0.5) is 0 Å². The van der Waals surface area contributed by atoms with Gasteiger partial charge in [-0.1, -0.05) is 78.9 Å². The predicted molar refractivity (Wildman–Crippen MR) is 153 cm³/mol. The molecule has 8 rings (SSSR count). The van der Waals surface area contributed by atoms with E-state index in [1.165, 1.54) is 32.7 Å². The fraction of sp³-hybridized carbons (Fsp3) is 0.0294. The Morgan fingerprint density at radius 2 is 1.14 bits per heavy atom. The second-order valence-electron chi connectivity index (χ2n) is 9.80. The third-order valence-electron chi connectivity index (χ3n) is 7.82. The number of para-hydroxylation sites is 1. The van der Waals surface area contributed by atoms with Crippen LogP contribution in [0.3, 0.4) is 0 Å². The number of rotatable bonds is 1. The van der Waals surface area contributed by atoms with Crippen LogP contribution in [0.2, 0.25) is 0 Å². The van der Waals surface area contributed by atoms with Gasteiger partial charge in [-0.3, -0.25) is 9.20 Å². The fourth-order valence-corrected chi connectivity index (χ4v) is 6.18. The van der Waals surface area contributed by atoms with E-state index in [1.54, 1.807) is 0 Å². The Balaban J connectivity index is 1.55. The number of nitrogens with zero attached hydrogens (tertiary/aromatic N) is 1. The molecule has 2 heterocycles. The third-order valence-corrected chi connectivity index (χ3v) is 7.82. The molecule has 168 valence electrons. The minimum atomic E-state index is 0.0460. The second kappa shape index (κ2) is 6.93. The van der Waals surface area contributed by atoms with Crippen molar-refractivity contribution >= 4 is 59.5 Å². The third kappa shape index (κ3) is 2.48. The molecule has 2 aromatic heterocycles. The fourth-order valence-electron chi connectivity index (χ4n) is 6.18. The van der Waals surface area contributed by atoms with Crippen molar-refractivity contribution in [1.82, 2.24) is 4.40 Å². The standard InChI is InChI=1S/C34H21NO/c1-20-16-22-8-2-3-9-25(22)29-17-21(14-15-24(20)29)23-18-30-26-10-4-5-12-28(26)34(36)35-32-13-7-6-11-27(32)31(19-23)33(30)35/h2-19H,1H3. The van der Waals surface area contributed by atoms with Gasteiger partial charge in [0, 0.05) is 21.5 Å². The zero-order chi connectivity index (χ0) is 24.0. The summed E-state index contributed by atoms with van der Waals surface area (Å²) in [6.07, 6.45) is 0. The summed E-state index contributed by atoms with van der Waals surface area (Å²) in [5, 5.41) is 10.2. The van der Waals surface area contributed by atoms with Gasteiger partial charge < -0.3 is 0 Å². The molecule has 0 amide bonds. The maximum atomic E-state index is 13.6. The zero-order valence-corrected chi connectivity index (χ0v) is 19.7. The van der Waals surface area contributed by atoms with Crippen LogP contribution < -0.4 is 5.56 Å². The van der Waals surface area contributed by atoms with Crippen molar-refractivity contribution in [2.24, 2.45) is 0 Å². The van der Waals surface area contributed by atoms with Gasteiger partial charge in [-0.2, -0.15) is 0 Å². The van der Waals surface area contributed by atoms with Gasteiger partial charge in [-0.15, -0.1) is 0 Å². The van der Waals surface area contributed by atoms with Gasteiger partial charge in [0.15, 0.2) is 0 Å². The highest BCUT2D eigenvalue weighted by molar-refractivity contribution is 6.21. The number of aromatic nitrogens is 1. The number of hydrogen-bond donors (Lipinski definition) is 0. The van der Waals surface area contributed by atoms with Gasteiger partial charge in [-0.05, 0) is 80.9 Å². The molecule has 8 aromatic rings. The van der Waals surface area contributed by atoms with Crippen LogP contribution in [-0.2, 0) is 0 Å². The van der Waals surface area contributed by atoms with E-state index < -0.39 is 0 Å². The molecule has 0 atom stereocenters. The highest BCUT2D eigenvalue weighted by Crippen LogP contribution is 2.39. The first kappa shape index (κ1) is 19.6. The molecule has 0 aliphatic carbocycles. The Kier molecular flexibility index (Phi) is 3.77. The average Bonchev–Trinajstić information content (AvgIpc) is 3.26. The van der Waals surface area contributed by atoms with Crippen LogP contribution >= 0.6 is 0 Å². The Bertz CT molecular complexity index is 2240. The Morgan fingerprint density at radius 1 is 0.500 bits per heavy atom. The number of pyridine rings is 1. The average molecular weight is 460 g/mol. The van der Waals surface area contributed by atoms with E-state index in [0.29, 0.717) is 0 Å². The van der Waals surface area contributed by atoms with Gasteiger partial charge >= 0.3 is 0 Å². The first-order valence-corrected chi connectivity index (χ1v) is 12.3. The lowest BCUT2D eigenvalue weighted by Gasteiger charge is -2.12. The molecule has 6 aromatic carbocycles. The number of hydrogen-bond acceptors (Lipinski definition) is 1. The van der Waals surface area contributed by atoms with E-state index in [4.69, 9.17) is 0 Å². The SMILES string of the molecule is Cc1cc2ccccc2c2cc(-c3cc4c5ccccc5c(=O)n5c6ccccc6c(c3)c45)ccc12. The highest BCUT2D eigenvalue weighted by Gasteiger charge is 2.18. The van der Waals surface area contributed by atoms with Crippen molar-refractivity contribution in [2.75, 3.05) is 0 Å². The lowest BCUT2D eigenvalue weighted by Crippen LogP contribution is -2.12. The van der Waals surface area contributed by atoms with Crippen molar-refractivity contribution in [3.63, 3.8) is 0 Å². The summed E-state index contributed by atoms with van der Waals surface area (Å²) in [6, 6.07) is 38.5. The molecule has 0 aliphatic rings. The van der Waals surface area contributed by atoms with E-state index in [1.807, 2.05) is 28.7 Å². The number of fused-ring (bicyclic) bond motifs is 8. The minimum absolute atomic E-state index is 0.0460. The van der Waals surface area contributed by atoms with E-state index in [-0.39, 0.29) is 5.56 Å². The van der Waals surface area contributed by atoms with Crippen LogP contribution in [0.25, 0.3) is 70.6 Å². The Hall–Kier alpha value is -4.69. The Labute approximate surface area is 207 Å². The molecule has 0 radical (unpaired) electrons. The zero-order valence-electron chi connectivity index (χ0n) is 19.7. The molecular formula is C34H21NO. The summed E-state index contributed by atoms with van der Waals surface area (Å²) in [5.41, 5.74) is 5.65. The molecule has 0 saturated heterocycles. The van der Waals surface area contributed by atoms with E-state index in [9.17, 15) is 4.79 Å². The lowest BCUT2D eigenvalue weighted by atomic mass is 9.93. The minimum Gasteiger partial charge on any atom is -0.275 e. The molecule has 0 bridgehead atoms. The normalized spacial score (nSPS) is 12.1. The van der Waals surface area contributed by atoms with E-state index in [0.717, 1.165) is 43.5 Å². The van der Waals surface area contributed by atoms with Crippen molar-refractivity contribution in [2.45, 2.75) is 6.92 Å². The topological polar surface area (TPSA) is 21.5 Å². The monoisotopic (exact) mass is 459 g/mol. The highest BCUT2D eigenvalue weighted by atomic mass is 16.1. The Morgan fingerprint density at radius 3 is 1.97 bits per heavy atom. The summed E-state index contributed by atoms with van der Waals surface area (Å²) in [7, 11) is 0. The van der Waals surface area contributed by atoms with Gasteiger partial charge in [0.2, 0.25) is 0 Å². The molecule has 0 saturated carbocycles. The van der Waals surface area contributed by atoms with Crippen LogP contribution in [0.1, 0.15) is 5.56 Å². The summed E-state index contributed by atoms with van der Waals surface area (Å²) >= 11 is 0. The van der Waals surface area contributed by atoms with Crippen LogP contribution in [-0.4, -0.2) is 4.40 Å². The number of benzene rings is 6. The molecule has 0 fully saturated rings. The molecular weight excluding hydrogens is 438 g/mol. The second-order valence-corrected chi connectivity index (χ2v) is 9.80.